The van der Waals surface area contributed by atoms with E-state index in [0.717, 1.165) is 28.0 Å². The molecule has 0 aliphatic rings. The summed E-state index contributed by atoms with van der Waals surface area (Å²) in [5, 5.41) is 7.77. The summed E-state index contributed by atoms with van der Waals surface area (Å²) in [7, 11) is 0. The number of aromatic nitrogens is 2. The summed E-state index contributed by atoms with van der Waals surface area (Å²) >= 11 is 3.49. The van der Waals surface area contributed by atoms with Gasteiger partial charge in [-0.25, -0.2) is 9.07 Å². The first-order valence-electron chi connectivity index (χ1n) is 6.71. The van der Waals surface area contributed by atoms with Crippen molar-refractivity contribution in [1.29, 1.82) is 0 Å². The first-order valence-corrected chi connectivity index (χ1v) is 7.50. The van der Waals surface area contributed by atoms with E-state index in [2.05, 4.69) is 26.3 Å². The van der Waals surface area contributed by atoms with Gasteiger partial charge in [0, 0.05) is 6.04 Å². The molecule has 0 aliphatic carbocycles. The Hall–Kier alpha value is -1.20. The minimum Gasteiger partial charge on any atom is -0.310 e. The molecule has 0 radical (unpaired) electrons. The minimum absolute atomic E-state index is 0.0633. The molecule has 1 aromatic carbocycles. The van der Waals surface area contributed by atoms with Crippen LogP contribution in [0.5, 0.6) is 0 Å². The van der Waals surface area contributed by atoms with Gasteiger partial charge < -0.3 is 5.32 Å². The average Bonchev–Trinajstić information content (AvgIpc) is 2.66. The fraction of sp³-hybridized carbons (Fsp3) is 0.400. The van der Waals surface area contributed by atoms with Crippen LogP contribution in [-0.4, -0.2) is 16.3 Å². The van der Waals surface area contributed by atoms with Crippen molar-refractivity contribution < 1.29 is 4.39 Å². The molecule has 1 atom stereocenters. The zero-order valence-electron chi connectivity index (χ0n) is 12.2. The number of nitrogens with one attached hydrogen (secondary N) is 1. The van der Waals surface area contributed by atoms with Crippen LogP contribution >= 0.6 is 15.9 Å². The van der Waals surface area contributed by atoms with Gasteiger partial charge in [0.05, 0.1) is 15.9 Å². The molecule has 5 heteroatoms. The number of hydrogen-bond acceptors (Lipinski definition) is 2. The molecule has 2 aromatic rings. The van der Waals surface area contributed by atoms with Gasteiger partial charge in [-0.1, -0.05) is 19.1 Å². The van der Waals surface area contributed by atoms with Crippen LogP contribution in [0.25, 0.3) is 5.69 Å². The number of nitrogens with zero attached hydrogens (tertiary/aromatic N) is 2. The standard InChI is InChI=1S/C15H19BrFN3/c1-5-18-9(2)12-7-6-8-13(17)15(12)20-11(4)14(16)10(3)19-20/h6-9,18H,5H2,1-4H3. The summed E-state index contributed by atoms with van der Waals surface area (Å²) in [4.78, 5) is 0. The highest BCUT2D eigenvalue weighted by Gasteiger charge is 2.19. The van der Waals surface area contributed by atoms with Crippen molar-refractivity contribution in [3.63, 3.8) is 0 Å². The summed E-state index contributed by atoms with van der Waals surface area (Å²) < 4.78 is 17.0. The molecule has 0 saturated carbocycles. The number of para-hydroxylation sites is 1. The molecular formula is C15H19BrFN3. The minimum atomic E-state index is -0.259. The van der Waals surface area contributed by atoms with Gasteiger partial charge in [0.1, 0.15) is 11.5 Å². The van der Waals surface area contributed by atoms with Crippen molar-refractivity contribution in [3.8, 4) is 5.69 Å². The van der Waals surface area contributed by atoms with Crippen molar-refractivity contribution in [3.05, 3.63) is 45.4 Å². The Morgan fingerprint density at radius 2 is 2.10 bits per heavy atom. The van der Waals surface area contributed by atoms with Gasteiger partial charge in [0.15, 0.2) is 0 Å². The summed E-state index contributed by atoms with van der Waals surface area (Å²) in [5.74, 6) is -0.259. The monoisotopic (exact) mass is 339 g/mol. The van der Waals surface area contributed by atoms with E-state index in [0.29, 0.717) is 5.69 Å². The fourth-order valence-electron chi connectivity index (χ4n) is 2.36. The second-order valence-corrected chi connectivity index (χ2v) is 5.65. The number of rotatable bonds is 4. The zero-order valence-corrected chi connectivity index (χ0v) is 13.8. The van der Waals surface area contributed by atoms with Gasteiger partial charge in [-0.3, -0.25) is 0 Å². The fourth-order valence-corrected chi connectivity index (χ4v) is 2.61. The maximum atomic E-state index is 14.4. The molecule has 1 N–H and O–H groups in total. The van der Waals surface area contributed by atoms with E-state index in [1.54, 1.807) is 10.7 Å². The molecule has 0 aliphatic heterocycles. The van der Waals surface area contributed by atoms with Crippen molar-refractivity contribution in [2.45, 2.75) is 33.7 Å². The van der Waals surface area contributed by atoms with E-state index in [1.165, 1.54) is 6.07 Å². The van der Waals surface area contributed by atoms with Gasteiger partial charge >= 0.3 is 0 Å². The highest BCUT2D eigenvalue weighted by molar-refractivity contribution is 9.10. The molecule has 0 amide bonds. The first-order chi connectivity index (χ1) is 9.47. The van der Waals surface area contributed by atoms with Gasteiger partial charge in [-0.15, -0.1) is 0 Å². The Bertz CT molecular complexity index is 622. The van der Waals surface area contributed by atoms with E-state index in [9.17, 15) is 4.39 Å². The van der Waals surface area contributed by atoms with Crippen LogP contribution in [0.1, 0.15) is 36.8 Å². The predicted molar refractivity (Wildman–Crippen MR) is 82.8 cm³/mol. The summed E-state index contributed by atoms with van der Waals surface area (Å²) in [6.07, 6.45) is 0. The molecule has 0 bridgehead atoms. The zero-order chi connectivity index (χ0) is 14.9. The Morgan fingerprint density at radius 3 is 2.65 bits per heavy atom. The Morgan fingerprint density at radius 1 is 1.40 bits per heavy atom. The smallest absolute Gasteiger partial charge is 0.149 e. The molecule has 108 valence electrons. The summed E-state index contributed by atoms with van der Waals surface area (Å²) in [6, 6.07) is 5.22. The quantitative estimate of drug-likeness (QED) is 0.910. The van der Waals surface area contributed by atoms with Crippen LogP contribution < -0.4 is 5.32 Å². The average molecular weight is 340 g/mol. The third-order valence-corrected chi connectivity index (χ3v) is 4.56. The van der Waals surface area contributed by atoms with Crippen LogP contribution in [0.3, 0.4) is 0 Å². The third kappa shape index (κ3) is 2.65. The topological polar surface area (TPSA) is 29.9 Å². The molecule has 0 fully saturated rings. The van der Waals surface area contributed by atoms with Crippen molar-refractivity contribution in [1.82, 2.24) is 15.1 Å². The number of benzene rings is 1. The molecule has 0 spiro atoms. The lowest BCUT2D eigenvalue weighted by Crippen LogP contribution is -2.20. The molecular weight excluding hydrogens is 321 g/mol. The van der Waals surface area contributed by atoms with Crippen LogP contribution in [0.2, 0.25) is 0 Å². The number of aryl methyl sites for hydroxylation is 1. The van der Waals surface area contributed by atoms with Crippen molar-refractivity contribution in [2.75, 3.05) is 6.54 Å². The highest BCUT2D eigenvalue weighted by Crippen LogP contribution is 2.29. The highest BCUT2D eigenvalue weighted by atomic mass is 79.9. The van der Waals surface area contributed by atoms with Gasteiger partial charge in [-0.05, 0) is 54.9 Å². The van der Waals surface area contributed by atoms with E-state index >= 15 is 0 Å². The molecule has 0 saturated heterocycles. The molecule has 1 unspecified atom stereocenters. The number of hydrogen-bond donors (Lipinski definition) is 1. The third-order valence-electron chi connectivity index (χ3n) is 3.41. The normalized spacial score (nSPS) is 12.7. The largest absolute Gasteiger partial charge is 0.310 e. The Balaban J connectivity index is 2.63. The lowest BCUT2D eigenvalue weighted by Gasteiger charge is -2.18. The SMILES string of the molecule is CCNC(C)c1cccc(F)c1-n1nc(C)c(Br)c1C. The van der Waals surface area contributed by atoms with Crippen LogP contribution in [-0.2, 0) is 0 Å². The first kappa shape index (κ1) is 15.2. The van der Waals surface area contributed by atoms with Gasteiger partial charge in [0.25, 0.3) is 0 Å². The van der Waals surface area contributed by atoms with E-state index < -0.39 is 0 Å². The maximum absolute atomic E-state index is 14.4. The molecule has 2 rings (SSSR count). The summed E-state index contributed by atoms with van der Waals surface area (Å²) in [6.45, 7) is 8.73. The molecule has 3 nitrogen and oxygen atoms in total. The van der Waals surface area contributed by atoms with Crippen molar-refractivity contribution in [2.24, 2.45) is 0 Å². The van der Waals surface area contributed by atoms with E-state index in [1.807, 2.05) is 33.8 Å². The van der Waals surface area contributed by atoms with Gasteiger partial charge in [0.2, 0.25) is 0 Å². The second kappa shape index (κ2) is 6.06. The molecule has 1 heterocycles. The Labute approximate surface area is 127 Å². The second-order valence-electron chi connectivity index (χ2n) is 4.85. The Kier molecular flexibility index (Phi) is 4.60. The number of halogens is 2. The molecule has 1 aromatic heterocycles. The molecule has 20 heavy (non-hydrogen) atoms. The van der Waals surface area contributed by atoms with E-state index in [-0.39, 0.29) is 11.9 Å². The summed E-state index contributed by atoms with van der Waals surface area (Å²) in [5.41, 5.74) is 3.18. The van der Waals surface area contributed by atoms with Gasteiger partial charge in [-0.2, -0.15) is 5.10 Å². The lowest BCUT2D eigenvalue weighted by molar-refractivity contribution is 0.567. The maximum Gasteiger partial charge on any atom is 0.149 e. The predicted octanol–water partition coefficient (Wildman–Crippen LogP) is 4.06. The van der Waals surface area contributed by atoms with E-state index in [4.69, 9.17) is 0 Å². The lowest BCUT2D eigenvalue weighted by atomic mass is 10.1. The van der Waals surface area contributed by atoms with Crippen LogP contribution in [0, 0.1) is 19.7 Å². The van der Waals surface area contributed by atoms with Crippen LogP contribution in [0.15, 0.2) is 22.7 Å². The van der Waals surface area contributed by atoms with Crippen molar-refractivity contribution >= 4 is 15.9 Å². The van der Waals surface area contributed by atoms with Crippen LogP contribution in [0.4, 0.5) is 4.39 Å².